The lowest BCUT2D eigenvalue weighted by molar-refractivity contribution is -0.138. The van der Waals surface area contributed by atoms with Crippen LogP contribution in [0.4, 0.5) is 18.0 Å². The van der Waals surface area contributed by atoms with Gasteiger partial charge in [0.15, 0.2) is 0 Å². The first-order valence-electron chi connectivity index (χ1n) is 10.6. The van der Waals surface area contributed by atoms with E-state index in [0.717, 1.165) is 12.1 Å². The number of halogens is 3. The first kappa shape index (κ1) is 25.5. The number of hydrogen-bond donors (Lipinski definition) is 2. The number of likely N-dealkylation sites (tertiary alicyclic amines) is 1. The Morgan fingerprint density at radius 2 is 1.69 bits per heavy atom. The van der Waals surface area contributed by atoms with Crippen LogP contribution in [0.25, 0.3) is 0 Å². The Morgan fingerprint density at radius 3 is 2.28 bits per heavy atom. The number of benzene rings is 1. The Bertz CT molecular complexity index is 813. The van der Waals surface area contributed by atoms with Crippen molar-refractivity contribution < 1.29 is 32.3 Å². The highest BCUT2D eigenvalue weighted by molar-refractivity contribution is 5.95. The van der Waals surface area contributed by atoms with Crippen LogP contribution in [0.2, 0.25) is 0 Å². The van der Waals surface area contributed by atoms with Crippen molar-refractivity contribution in [1.82, 2.24) is 15.5 Å². The monoisotopic (exact) mass is 457 g/mol. The molecule has 2 rings (SSSR count). The third-order valence-electron chi connectivity index (χ3n) is 5.00. The van der Waals surface area contributed by atoms with Crippen LogP contribution >= 0.6 is 0 Å². The number of alkyl halides is 3. The summed E-state index contributed by atoms with van der Waals surface area (Å²) in [6, 6.07) is 4.68. The standard InChI is InChI=1S/C22H30F3N3O4/c1-21(2,3)32-20(31)26-11-8-18(29)28-12-9-15(10-13-28)14-27-19(30)16-6-4-5-7-17(16)22(23,24)25/h4-7,15H,8-14H2,1-3H3,(H,26,31)(H,27,30). The molecular formula is C22H30F3N3O4. The molecule has 32 heavy (non-hydrogen) atoms. The van der Waals surface area contributed by atoms with Gasteiger partial charge in [0.2, 0.25) is 5.91 Å². The van der Waals surface area contributed by atoms with Crippen molar-refractivity contribution in [3.8, 4) is 0 Å². The third kappa shape index (κ3) is 8.05. The van der Waals surface area contributed by atoms with E-state index in [9.17, 15) is 27.6 Å². The van der Waals surface area contributed by atoms with Gasteiger partial charge in [0.1, 0.15) is 5.60 Å². The van der Waals surface area contributed by atoms with Gasteiger partial charge in [-0.15, -0.1) is 0 Å². The lowest BCUT2D eigenvalue weighted by Crippen LogP contribution is -2.43. The number of carbonyl (C=O) groups is 3. The van der Waals surface area contributed by atoms with Gasteiger partial charge >= 0.3 is 12.3 Å². The van der Waals surface area contributed by atoms with Crippen LogP contribution in [0.15, 0.2) is 24.3 Å². The Hall–Kier alpha value is -2.78. The lowest BCUT2D eigenvalue weighted by atomic mass is 9.96. The van der Waals surface area contributed by atoms with Gasteiger partial charge in [-0.2, -0.15) is 13.2 Å². The third-order valence-corrected chi connectivity index (χ3v) is 5.00. The van der Waals surface area contributed by atoms with Crippen LogP contribution in [0.1, 0.15) is 56.0 Å². The molecule has 0 bridgehead atoms. The second kappa shape index (κ2) is 10.7. The zero-order chi connectivity index (χ0) is 23.9. The zero-order valence-corrected chi connectivity index (χ0v) is 18.6. The van der Waals surface area contributed by atoms with E-state index in [-0.39, 0.29) is 31.3 Å². The van der Waals surface area contributed by atoms with Crippen LogP contribution in [0, 0.1) is 5.92 Å². The van der Waals surface area contributed by atoms with Crippen LogP contribution < -0.4 is 10.6 Å². The topological polar surface area (TPSA) is 87.7 Å². The molecule has 0 aromatic heterocycles. The van der Waals surface area contributed by atoms with E-state index in [2.05, 4.69) is 10.6 Å². The molecule has 0 saturated carbocycles. The normalized spacial score (nSPS) is 15.2. The summed E-state index contributed by atoms with van der Waals surface area (Å²) in [5.41, 5.74) is -1.97. The first-order valence-corrected chi connectivity index (χ1v) is 10.6. The molecule has 0 atom stereocenters. The van der Waals surface area contributed by atoms with Crippen molar-refractivity contribution in [3.63, 3.8) is 0 Å². The van der Waals surface area contributed by atoms with Crippen LogP contribution in [-0.2, 0) is 15.7 Å². The summed E-state index contributed by atoms with van der Waals surface area (Å²) in [5, 5.41) is 5.13. The summed E-state index contributed by atoms with van der Waals surface area (Å²) in [7, 11) is 0. The maximum atomic E-state index is 13.1. The van der Waals surface area contributed by atoms with Gasteiger partial charge in [-0.05, 0) is 51.7 Å². The predicted octanol–water partition coefficient (Wildman–Crippen LogP) is 3.59. The molecule has 1 aromatic rings. The number of nitrogens with zero attached hydrogens (tertiary/aromatic N) is 1. The van der Waals surface area contributed by atoms with Crippen molar-refractivity contribution in [2.45, 2.75) is 51.8 Å². The predicted molar refractivity (Wildman–Crippen MR) is 112 cm³/mol. The molecule has 10 heteroatoms. The number of ether oxygens (including phenoxy) is 1. The number of piperidine rings is 1. The van der Waals surface area contributed by atoms with Gasteiger partial charge in [0.05, 0.1) is 11.1 Å². The van der Waals surface area contributed by atoms with Crippen LogP contribution in [-0.4, -0.2) is 54.6 Å². The molecule has 3 amide bonds. The maximum absolute atomic E-state index is 13.1. The van der Waals surface area contributed by atoms with Gasteiger partial charge in [-0.1, -0.05) is 12.1 Å². The Kier molecular flexibility index (Phi) is 8.51. The molecule has 7 nitrogen and oxygen atoms in total. The van der Waals surface area contributed by atoms with Crippen LogP contribution in [0.3, 0.4) is 0 Å². The first-order chi connectivity index (χ1) is 14.9. The number of alkyl carbamates (subject to hydrolysis) is 1. The smallest absolute Gasteiger partial charge is 0.417 e. The summed E-state index contributed by atoms with van der Waals surface area (Å²) in [5.74, 6) is -0.784. The molecule has 0 spiro atoms. The quantitative estimate of drug-likeness (QED) is 0.684. The van der Waals surface area contributed by atoms with Gasteiger partial charge in [-0.3, -0.25) is 9.59 Å². The molecule has 1 saturated heterocycles. The molecule has 0 radical (unpaired) electrons. The molecule has 1 aromatic carbocycles. The number of carbonyl (C=O) groups excluding carboxylic acids is 3. The molecule has 178 valence electrons. The van der Waals surface area contributed by atoms with Crippen molar-refractivity contribution in [3.05, 3.63) is 35.4 Å². The minimum atomic E-state index is -4.60. The Morgan fingerprint density at radius 1 is 1.06 bits per heavy atom. The average molecular weight is 457 g/mol. The molecule has 1 heterocycles. The fourth-order valence-corrected chi connectivity index (χ4v) is 3.39. The van der Waals surface area contributed by atoms with E-state index < -0.39 is 34.9 Å². The Balaban J connectivity index is 1.73. The highest BCUT2D eigenvalue weighted by Gasteiger charge is 2.35. The van der Waals surface area contributed by atoms with Crippen LogP contribution in [0.5, 0.6) is 0 Å². The fraction of sp³-hybridized carbons (Fsp3) is 0.591. The molecule has 0 aliphatic carbocycles. The minimum absolute atomic E-state index is 0.0703. The van der Waals surface area contributed by atoms with E-state index in [0.29, 0.717) is 25.9 Å². The summed E-state index contributed by atoms with van der Waals surface area (Å²) >= 11 is 0. The van der Waals surface area contributed by atoms with E-state index in [1.165, 1.54) is 12.1 Å². The summed E-state index contributed by atoms with van der Waals surface area (Å²) in [6.45, 7) is 6.64. The van der Waals surface area contributed by atoms with Gasteiger partial charge in [0.25, 0.3) is 5.91 Å². The van der Waals surface area contributed by atoms with Crippen molar-refractivity contribution in [1.29, 1.82) is 0 Å². The maximum Gasteiger partial charge on any atom is 0.417 e. The number of rotatable bonds is 6. The zero-order valence-electron chi connectivity index (χ0n) is 18.6. The highest BCUT2D eigenvalue weighted by Crippen LogP contribution is 2.31. The molecular weight excluding hydrogens is 427 g/mol. The van der Waals surface area contributed by atoms with E-state index in [1.807, 2.05) is 0 Å². The van der Waals surface area contributed by atoms with Crippen molar-refractivity contribution in [2.75, 3.05) is 26.2 Å². The fourth-order valence-electron chi connectivity index (χ4n) is 3.39. The average Bonchev–Trinajstić information content (AvgIpc) is 2.70. The SMILES string of the molecule is CC(C)(C)OC(=O)NCCC(=O)N1CCC(CNC(=O)c2ccccc2C(F)(F)F)CC1. The highest BCUT2D eigenvalue weighted by atomic mass is 19.4. The van der Waals surface area contributed by atoms with E-state index >= 15 is 0 Å². The number of amides is 3. The number of hydrogen-bond acceptors (Lipinski definition) is 4. The largest absolute Gasteiger partial charge is 0.444 e. The Labute approximate surface area is 185 Å². The molecule has 2 N–H and O–H groups in total. The van der Waals surface area contributed by atoms with Crippen molar-refractivity contribution >= 4 is 17.9 Å². The molecule has 0 unspecified atom stereocenters. The second-order valence-corrected chi connectivity index (χ2v) is 8.76. The van der Waals surface area contributed by atoms with Gasteiger partial charge < -0.3 is 20.3 Å². The van der Waals surface area contributed by atoms with Crippen molar-refractivity contribution in [2.24, 2.45) is 5.92 Å². The second-order valence-electron chi connectivity index (χ2n) is 8.76. The molecule has 1 fully saturated rings. The lowest BCUT2D eigenvalue weighted by Gasteiger charge is -2.32. The minimum Gasteiger partial charge on any atom is -0.444 e. The van der Waals surface area contributed by atoms with Gasteiger partial charge in [-0.25, -0.2) is 4.79 Å². The van der Waals surface area contributed by atoms with E-state index in [4.69, 9.17) is 4.74 Å². The summed E-state index contributed by atoms with van der Waals surface area (Å²) in [6.07, 6.45) is -3.77. The molecule has 1 aliphatic heterocycles. The van der Waals surface area contributed by atoms with Gasteiger partial charge in [0, 0.05) is 32.6 Å². The summed E-state index contributed by atoms with van der Waals surface area (Å²) < 4.78 is 44.4. The number of nitrogens with one attached hydrogen (secondary N) is 2. The summed E-state index contributed by atoms with van der Waals surface area (Å²) in [4.78, 5) is 37.9. The molecule has 1 aliphatic rings. The van der Waals surface area contributed by atoms with E-state index in [1.54, 1.807) is 25.7 Å².